The summed E-state index contributed by atoms with van der Waals surface area (Å²) in [7, 11) is -7.14. The molecule has 0 aliphatic carbocycles. The predicted octanol–water partition coefficient (Wildman–Crippen LogP) is 3.63. The fraction of sp³-hybridized carbons (Fsp3) is 0.333. The molecular formula is C18H21ClN2O4S2. The van der Waals surface area contributed by atoms with E-state index in [-0.39, 0.29) is 10.6 Å². The van der Waals surface area contributed by atoms with Crippen LogP contribution in [-0.4, -0.2) is 29.1 Å². The molecule has 9 heteroatoms. The first-order chi connectivity index (χ1) is 12.7. The Morgan fingerprint density at radius 2 is 1.89 bits per heavy atom. The van der Waals surface area contributed by atoms with Gasteiger partial charge in [-0.2, -0.15) is 0 Å². The van der Waals surface area contributed by atoms with Crippen molar-refractivity contribution >= 4 is 43.0 Å². The first-order valence-electron chi connectivity index (χ1n) is 8.65. The van der Waals surface area contributed by atoms with E-state index >= 15 is 0 Å². The maximum absolute atomic E-state index is 12.6. The minimum absolute atomic E-state index is 0.0693. The quantitative estimate of drug-likeness (QED) is 0.761. The van der Waals surface area contributed by atoms with Crippen LogP contribution in [0, 0.1) is 0 Å². The van der Waals surface area contributed by atoms with Crippen LogP contribution in [-0.2, 0) is 26.5 Å². The Hall–Kier alpha value is -1.77. The molecule has 0 bridgehead atoms. The van der Waals surface area contributed by atoms with E-state index in [0.717, 1.165) is 5.56 Å². The van der Waals surface area contributed by atoms with Crippen LogP contribution in [0.3, 0.4) is 0 Å². The summed E-state index contributed by atoms with van der Waals surface area (Å²) in [5.74, 6) is 0.0928. The molecule has 0 radical (unpaired) electrons. The monoisotopic (exact) mass is 428 g/mol. The summed E-state index contributed by atoms with van der Waals surface area (Å²) < 4.78 is 54.0. The fourth-order valence-electron chi connectivity index (χ4n) is 3.13. The number of hydrogen-bond donors (Lipinski definition) is 1. The molecule has 6 nitrogen and oxygen atoms in total. The number of benzene rings is 2. The van der Waals surface area contributed by atoms with Crippen molar-refractivity contribution in [2.45, 2.75) is 31.1 Å². The van der Waals surface area contributed by atoms with Gasteiger partial charge in [-0.25, -0.2) is 16.8 Å². The molecule has 146 valence electrons. The minimum atomic E-state index is -3.78. The van der Waals surface area contributed by atoms with Gasteiger partial charge >= 0.3 is 0 Å². The molecule has 0 saturated carbocycles. The van der Waals surface area contributed by atoms with Crippen molar-refractivity contribution in [1.29, 1.82) is 0 Å². The number of aryl methyl sites for hydroxylation is 1. The van der Waals surface area contributed by atoms with Gasteiger partial charge in [-0.15, -0.1) is 0 Å². The van der Waals surface area contributed by atoms with Crippen LogP contribution in [0.25, 0.3) is 0 Å². The SMILES string of the molecule is CCCS(=O)(=O)N1CCCc2cc(NS(=O)(=O)c3cccc(Cl)c3)ccc21. The summed E-state index contributed by atoms with van der Waals surface area (Å²) in [6.07, 6.45) is 1.94. The Kier molecular flexibility index (Phi) is 5.69. The number of anilines is 2. The Balaban J connectivity index is 1.90. The molecule has 1 aliphatic heterocycles. The van der Waals surface area contributed by atoms with E-state index in [2.05, 4.69) is 4.72 Å². The van der Waals surface area contributed by atoms with Crippen LogP contribution in [0.15, 0.2) is 47.4 Å². The van der Waals surface area contributed by atoms with E-state index in [1.54, 1.807) is 30.3 Å². The molecule has 0 saturated heterocycles. The molecule has 0 spiro atoms. The number of sulfonamides is 2. The van der Waals surface area contributed by atoms with E-state index in [9.17, 15) is 16.8 Å². The summed E-state index contributed by atoms with van der Waals surface area (Å²) in [5, 5.41) is 0.333. The van der Waals surface area contributed by atoms with Crippen molar-refractivity contribution in [2.75, 3.05) is 21.3 Å². The van der Waals surface area contributed by atoms with Crippen molar-refractivity contribution in [3.05, 3.63) is 53.1 Å². The Morgan fingerprint density at radius 3 is 2.59 bits per heavy atom. The van der Waals surface area contributed by atoms with Gasteiger partial charge in [0, 0.05) is 17.3 Å². The van der Waals surface area contributed by atoms with Gasteiger partial charge in [0.1, 0.15) is 0 Å². The van der Waals surface area contributed by atoms with Crippen molar-refractivity contribution in [2.24, 2.45) is 0 Å². The fourth-order valence-corrected chi connectivity index (χ4v) is 6.10. The lowest BCUT2D eigenvalue weighted by Crippen LogP contribution is -2.37. The van der Waals surface area contributed by atoms with Crippen LogP contribution < -0.4 is 9.03 Å². The molecular weight excluding hydrogens is 408 g/mol. The molecule has 0 fully saturated rings. The van der Waals surface area contributed by atoms with Crippen LogP contribution in [0.2, 0.25) is 5.02 Å². The average molecular weight is 429 g/mol. The van der Waals surface area contributed by atoms with Crippen molar-refractivity contribution in [3.63, 3.8) is 0 Å². The average Bonchev–Trinajstić information content (AvgIpc) is 2.60. The van der Waals surface area contributed by atoms with Gasteiger partial charge in [-0.05, 0) is 61.2 Å². The topological polar surface area (TPSA) is 83.6 Å². The van der Waals surface area contributed by atoms with Crippen LogP contribution >= 0.6 is 11.6 Å². The third-order valence-electron chi connectivity index (χ3n) is 4.31. The lowest BCUT2D eigenvalue weighted by molar-refractivity contribution is 0.585. The molecule has 1 aliphatic rings. The third-order valence-corrected chi connectivity index (χ3v) is 7.90. The smallest absolute Gasteiger partial charge is 0.261 e. The number of hydrogen-bond acceptors (Lipinski definition) is 4. The number of nitrogens with zero attached hydrogens (tertiary/aromatic N) is 1. The summed E-state index contributed by atoms with van der Waals surface area (Å²) >= 11 is 5.88. The molecule has 0 amide bonds. The zero-order valence-electron chi connectivity index (χ0n) is 14.9. The Morgan fingerprint density at radius 1 is 1.11 bits per heavy atom. The molecule has 1 heterocycles. The Bertz CT molecular complexity index is 1050. The van der Waals surface area contributed by atoms with E-state index in [1.165, 1.54) is 16.4 Å². The zero-order valence-corrected chi connectivity index (χ0v) is 17.2. The largest absolute Gasteiger partial charge is 0.280 e. The summed E-state index contributed by atoms with van der Waals surface area (Å²) in [4.78, 5) is 0.0693. The van der Waals surface area contributed by atoms with Gasteiger partial charge < -0.3 is 0 Å². The molecule has 0 atom stereocenters. The molecule has 0 aromatic heterocycles. The molecule has 2 aromatic carbocycles. The number of rotatable bonds is 6. The van der Waals surface area contributed by atoms with Crippen molar-refractivity contribution in [3.8, 4) is 0 Å². The highest BCUT2D eigenvalue weighted by Crippen LogP contribution is 2.32. The van der Waals surface area contributed by atoms with Gasteiger partial charge in [-0.1, -0.05) is 24.6 Å². The van der Waals surface area contributed by atoms with Crippen LogP contribution in [0.4, 0.5) is 11.4 Å². The Labute approximate surface area is 165 Å². The first-order valence-corrected chi connectivity index (χ1v) is 12.1. The van der Waals surface area contributed by atoms with Crippen molar-refractivity contribution < 1.29 is 16.8 Å². The van der Waals surface area contributed by atoms with Gasteiger partial charge in [0.25, 0.3) is 10.0 Å². The van der Waals surface area contributed by atoms with E-state index in [4.69, 9.17) is 11.6 Å². The van der Waals surface area contributed by atoms with E-state index < -0.39 is 20.0 Å². The van der Waals surface area contributed by atoms with Gasteiger partial charge in [0.05, 0.1) is 16.3 Å². The van der Waals surface area contributed by atoms with Gasteiger partial charge in [0.15, 0.2) is 0 Å². The van der Waals surface area contributed by atoms with Crippen LogP contribution in [0.1, 0.15) is 25.3 Å². The normalized spacial score (nSPS) is 14.7. The standard InChI is InChI=1S/C18H21ClN2O4S2/c1-2-11-26(22,23)21-10-4-5-14-12-16(8-9-18(14)21)20-27(24,25)17-7-3-6-15(19)13-17/h3,6-9,12-13,20H,2,4-5,10-11H2,1H3. The summed E-state index contributed by atoms with van der Waals surface area (Å²) in [6.45, 7) is 2.28. The molecule has 0 unspecified atom stereocenters. The molecule has 3 rings (SSSR count). The second-order valence-electron chi connectivity index (χ2n) is 6.40. The van der Waals surface area contributed by atoms with Crippen LogP contribution in [0.5, 0.6) is 0 Å². The summed E-state index contributed by atoms with van der Waals surface area (Å²) in [5.41, 5.74) is 1.83. The van der Waals surface area contributed by atoms with E-state index in [0.29, 0.717) is 42.2 Å². The summed E-state index contributed by atoms with van der Waals surface area (Å²) in [6, 6.07) is 11.0. The third kappa shape index (κ3) is 4.39. The maximum Gasteiger partial charge on any atom is 0.261 e. The zero-order chi connectivity index (χ0) is 19.7. The highest BCUT2D eigenvalue weighted by molar-refractivity contribution is 7.93. The highest BCUT2D eigenvalue weighted by Gasteiger charge is 2.27. The predicted molar refractivity (Wildman–Crippen MR) is 108 cm³/mol. The second kappa shape index (κ2) is 7.69. The van der Waals surface area contributed by atoms with Gasteiger partial charge in [0.2, 0.25) is 10.0 Å². The molecule has 2 aromatic rings. The maximum atomic E-state index is 12.6. The second-order valence-corrected chi connectivity index (χ2v) is 10.5. The lowest BCUT2D eigenvalue weighted by Gasteiger charge is -2.30. The first kappa shape index (κ1) is 20.0. The number of halogens is 1. The minimum Gasteiger partial charge on any atom is -0.280 e. The van der Waals surface area contributed by atoms with Gasteiger partial charge in [-0.3, -0.25) is 9.03 Å². The molecule has 1 N–H and O–H groups in total. The van der Waals surface area contributed by atoms with E-state index in [1.807, 2.05) is 6.92 Å². The lowest BCUT2D eigenvalue weighted by atomic mass is 10.0. The molecule has 27 heavy (non-hydrogen) atoms. The number of nitrogens with one attached hydrogen (secondary N) is 1. The number of fused-ring (bicyclic) bond motifs is 1. The van der Waals surface area contributed by atoms with Crippen molar-refractivity contribution in [1.82, 2.24) is 0 Å². The highest BCUT2D eigenvalue weighted by atomic mass is 35.5.